The molecule has 0 heterocycles. The van der Waals surface area contributed by atoms with Gasteiger partial charge in [-0.25, -0.2) is 0 Å². The van der Waals surface area contributed by atoms with Crippen LogP contribution in [0.2, 0.25) is 0 Å². The minimum absolute atomic E-state index is 0.125. The van der Waals surface area contributed by atoms with E-state index in [9.17, 15) is 8.42 Å². The third-order valence-corrected chi connectivity index (χ3v) is 6.31. The van der Waals surface area contributed by atoms with E-state index in [1.54, 1.807) is 7.05 Å². The molecule has 0 saturated heterocycles. The number of hydrogen-bond donors (Lipinski definition) is 2. The van der Waals surface area contributed by atoms with Crippen LogP contribution in [0.25, 0.3) is 0 Å². The molecule has 1 atom stereocenters. The fraction of sp³-hybridized carbons (Fsp3) is 1.00. The van der Waals surface area contributed by atoms with Crippen LogP contribution in [0.3, 0.4) is 0 Å². The van der Waals surface area contributed by atoms with Gasteiger partial charge in [-0.05, 0) is 25.7 Å². The van der Waals surface area contributed by atoms with Crippen LogP contribution in [0.15, 0.2) is 0 Å². The Balaban J connectivity index is 2.79. The van der Waals surface area contributed by atoms with Gasteiger partial charge in [0.1, 0.15) is 0 Å². The zero-order valence-corrected chi connectivity index (χ0v) is 13.5. The van der Waals surface area contributed by atoms with Crippen molar-refractivity contribution in [3.8, 4) is 0 Å². The predicted octanol–water partition coefficient (Wildman–Crippen LogP) is 1.46. The zero-order valence-electron chi connectivity index (χ0n) is 12.6. The van der Waals surface area contributed by atoms with Crippen LogP contribution in [0, 0.1) is 5.92 Å². The van der Waals surface area contributed by atoms with Crippen molar-refractivity contribution in [2.75, 3.05) is 13.6 Å². The topological polar surface area (TPSA) is 75.4 Å². The molecule has 19 heavy (non-hydrogen) atoms. The second kappa shape index (κ2) is 6.52. The molecule has 1 rings (SSSR count). The zero-order chi connectivity index (χ0) is 14.7. The molecule has 1 unspecified atom stereocenters. The van der Waals surface area contributed by atoms with Crippen LogP contribution in [-0.4, -0.2) is 37.9 Å². The summed E-state index contributed by atoms with van der Waals surface area (Å²) in [5, 5.41) is 0. The lowest BCUT2D eigenvalue weighted by atomic mass is 9.90. The van der Waals surface area contributed by atoms with Gasteiger partial charge in [0.15, 0.2) is 0 Å². The van der Waals surface area contributed by atoms with Crippen LogP contribution < -0.4 is 10.5 Å². The highest BCUT2D eigenvalue weighted by atomic mass is 32.2. The van der Waals surface area contributed by atoms with Crippen LogP contribution in [0.4, 0.5) is 0 Å². The lowest BCUT2D eigenvalue weighted by Crippen LogP contribution is -2.59. The summed E-state index contributed by atoms with van der Waals surface area (Å²) < 4.78 is 29.2. The lowest BCUT2D eigenvalue weighted by molar-refractivity contribution is 0.263. The van der Waals surface area contributed by atoms with E-state index in [1.165, 1.54) is 10.7 Å². The number of nitrogens with one attached hydrogen (secondary N) is 1. The fourth-order valence-electron chi connectivity index (χ4n) is 2.40. The first-order valence-corrected chi connectivity index (χ1v) is 8.64. The molecule has 114 valence electrons. The highest BCUT2D eigenvalue weighted by Crippen LogP contribution is 2.24. The molecular weight excluding hydrogens is 262 g/mol. The van der Waals surface area contributed by atoms with E-state index in [4.69, 9.17) is 5.73 Å². The Morgan fingerprint density at radius 3 is 2.26 bits per heavy atom. The number of nitrogens with zero attached hydrogens (tertiary/aromatic N) is 1. The third kappa shape index (κ3) is 4.15. The summed E-state index contributed by atoms with van der Waals surface area (Å²) in [4.78, 5) is 0. The summed E-state index contributed by atoms with van der Waals surface area (Å²) in [7, 11) is -1.80. The first kappa shape index (κ1) is 16.9. The normalized spacial score (nSPS) is 21.8. The Bertz CT molecular complexity index is 377. The molecule has 1 aliphatic carbocycles. The minimum atomic E-state index is -3.47. The van der Waals surface area contributed by atoms with Crippen LogP contribution in [0.5, 0.6) is 0 Å². The van der Waals surface area contributed by atoms with Crippen LogP contribution >= 0.6 is 0 Å². The molecule has 0 radical (unpaired) electrons. The van der Waals surface area contributed by atoms with Crippen molar-refractivity contribution in [2.24, 2.45) is 11.7 Å². The molecule has 0 aromatic heterocycles. The Kier molecular flexibility index (Phi) is 5.79. The van der Waals surface area contributed by atoms with Crippen molar-refractivity contribution >= 4 is 10.2 Å². The summed E-state index contributed by atoms with van der Waals surface area (Å²) in [5.74, 6) is 0.145. The molecule has 0 spiro atoms. The molecule has 1 saturated carbocycles. The van der Waals surface area contributed by atoms with Gasteiger partial charge in [-0.15, -0.1) is 0 Å². The molecule has 0 aromatic carbocycles. The van der Waals surface area contributed by atoms with E-state index >= 15 is 0 Å². The molecular formula is C13H29N3O2S. The van der Waals surface area contributed by atoms with Crippen LogP contribution in [-0.2, 0) is 10.2 Å². The molecule has 3 N–H and O–H groups in total. The van der Waals surface area contributed by atoms with Gasteiger partial charge in [-0.1, -0.05) is 33.1 Å². The van der Waals surface area contributed by atoms with Crippen molar-refractivity contribution in [3.05, 3.63) is 0 Å². The predicted molar refractivity (Wildman–Crippen MR) is 79.0 cm³/mol. The summed E-state index contributed by atoms with van der Waals surface area (Å²) >= 11 is 0. The summed E-state index contributed by atoms with van der Waals surface area (Å²) in [6, 6.07) is 0.125. The minimum Gasteiger partial charge on any atom is -0.329 e. The quantitative estimate of drug-likeness (QED) is 0.778. The smallest absolute Gasteiger partial charge is 0.279 e. The van der Waals surface area contributed by atoms with E-state index in [0.717, 1.165) is 25.7 Å². The van der Waals surface area contributed by atoms with Gasteiger partial charge in [0.2, 0.25) is 0 Å². The second-order valence-corrected chi connectivity index (χ2v) is 7.92. The highest BCUT2D eigenvalue weighted by molar-refractivity contribution is 7.87. The Hall–Kier alpha value is -0.170. The standard InChI is InChI=1S/C13H29N3O2S/c1-11(2)13(3,10-14)15-19(17,18)16(4)12-8-6-5-7-9-12/h11-12,15H,5-10,14H2,1-4H3. The molecule has 6 heteroatoms. The molecule has 0 aromatic rings. The van der Waals surface area contributed by atoms with Crippen molar-refractivity contribution in [2.45, 2.75) is 64.5 Å². The Morgan fingerprint density at radius 2 is 1.84 bits per heavy atom. The highest BCUT2D eigenvalue weighted by Gasteiger charge is 2.36. The SMILES string of the molecule is CC(C)C(C)(CN)NS(=O)(=O)N(C)C1CCCCC1. The lowest BCUT2D eigenvalue weighted by Gasteiger charge is -2.37. The largest absolute Gasteiger partial charge is 0.329 e. The van der Waals surface area contributed by atoms with Gasteiger partial charge in [0, 0.05) is 25.2 Å². The molecule has 0 amide bonds. The first-order valence-electron chi connectivity index (χ1n) is 7.20. The maximum absolute atomic E-state index is 12.5. The van der Waals surface area contributed by atoms with Crippen molar-refractivity contribution in [1.82, 2.24) is 9.03 Å². The average molecular weight is 291 g/mol. The Labute approximate surface area is 118 Å². The van der Waals surface area contributed by atoms with Crippen LogP contribution in [0.1, 0.15) is 52.9 Å². The summed E-state index contributed by atoms with van der Waals surface area (Å²) in [6.45, 7) is 6.12. The van der Waals surface area contributed by atoms with Gasteiger partial charge in [0.25, 0.3) is 10.2 Å². The summed E-state index contributed by atoms with van der Waals surface area (Å²) in [5.41, 5.74) is 5.15. The van der Waals surface area contributed by atoms with E-state index in [1.807, 2.05) is 20.8 Å². The second-order valence-electron chi connectivity index (χ2n) is 6.19. The maximum Gasteiger partial charge on any atom is 0.279 e. The van der Waals surface area contributed by atoms with Gasteiger partial charge >= 0.3 is 0 Å². The average Bonchev–Trinajstić information content (AvgIpc) is 2.38. The van der Waals surface area contributed by atoms with Gasteiger partial charge in [0.05, 0.1) is 0 Å². The van der Waals surface area contributed by atoms with Gasteiger partial charge < -0.3 is 5.73 Å². The molecule has 0 bridgehead atoms. The van der Waals surface area contributed by atoms with Crippen molar-refractivity contribution < 1.29 is 8.42 Å². The number of rotatable bonds is 6. The van der Waals surface area contributed by atoms with Gasteiger partial charge in [-0.3, -0.25) is 0 Å². The van der Waals surface area contributed by atoms with Crippen molar-refractivity contribution in [1.29, 1.82) is 0 Å². The van der Waals surface area contributed by atoms with Crippen molar-refractivity contribution in [3.63, 3.8) is 0 Å². The molecule has 0 aliphatic heterocycles. The van der Waals surface area contributed by atoms with Gasteiger partial charge in [-0.2, -0.15) is 17.4 Å². The third-order valence-electron chi connectivity index (χ3n) is 4.53. The Morgan fingerprint density at radius 1 is 1.32 bits per heavy atom. The van der Waals surface area contributed by atoms with E-state index < -0.39 is 15.7 Å². The maximum atomic E-state index is 12.5. The monoisotopic (exact) mass is 291 g/mol. The summed E-state index contributed by atoms with van der Waals surface area (Å²) in [6.07, 6.45) is 5.35. The number of nitrogens with two attached hydrogens (primary N) is 1. The molecule has 1 fully saturated rings. The molecule has 5 nitrogen and oxygen atoms in total. The van der Waals surface area contributed by atoms with E-state index in [-0.39, 0.29) is 12.0 Å². The first-order chi connectivity index (χ1) is 8.73. The van der Waals surface area contributed by atoms with E-state index in [2.05, 4.69) is 4.72 Å². The fourth-order valence-corrected chi connectivity index (χ4v) is 4.06. The van der Waals surface area contributed by atoms with E-state index in [0.29, 0.717) is 6.54 Å². The molecule has 1 aliphatic rings. The number of hydrogen-bond acceptors (Lipinski definition) is 3.